The summed E-state index contributed by atoms with van der Waals surface area (Å²) in [7, 11) is 1.88. The topological polar surface area (TPSA) is 23.6 Å². The Balaban J connectivity index is 2.17. The normalized spacial score (nSPS) is 31.7. The molecule has 10 heavy (non-hydrogen) atoms. The molecule has 1 atom stereocenters. The molecule has 2 aliphatic rings. The van der Waals surface area contributed by atoms with Gasteiger partial charge in [-0.05, 0) is 12.8 Å². The number of hydrogen-bond donors (Lipinski definition) is 0. The van der Waals surface area contributed by atoms with Gasteiger partial charge < -0.3 is 9.80 Å². The summed E-state index contributed by atoms with van der Waals surface area (Å²) in [5, 5.41) is 0. The van der Waals surface area contributed by atoms with Gasteiger partial charge in [0.2, 0.25) is 0 Å². The second-order valence-corrected chi connectivity index (χ2v) is 3.15. The van der Waals surface area contributed by atoms with Gasteiger partial charge in [-0.25, -0.2) is 4.79 Å². The smallest absolute Gasteiger partial charge is 0.320 e. The molecule has 0 bridgehead atoms. The van der Waals surface area contributed by atoms with E-state index >= 15 is 0 Å². The number of likely N-dealkylation sites (N-methyl/N-ethyl adjacent to an activating group) is 1. The van der Waals surface area contributed by atoms with E-state index in [-0.39, 0.29) is 6.03 Å². The van der Waals surface area contributed by atoms with Gasteiger partial charge in [0.1, 0.15) is 0 Å². The second kappa shape index (κ2) is 1.87. The SMILES string of the molecule is CN1CC2CCCN2C1=O. The number of rotatable bonds is 0. The summed E-state index contributed by atoms with van der Waals surface area (Å²) in [6.45, 7) is 1.92. The highest BCUT2D eigenvalue weighted by Gasteiger charge is 2.37. The third-order valence-corrected chi connectivity index (χ3v) is 2.43. The number of carbonyl (C=O) groups excluding carboxylic acids is 1. The van der Waals surface area contributed by atoms with Crippen molar-refractivity contribution in [2.45, 2.75) is 18.9 Å². The molecule has 2 saturated heterocycles. The van der Waals surface area contributed by atoms with E-state index in [0.29, 0.717) is 6.04 Å². The van der Waals surface area contributed by atoms with Crippen LogP contribution in [0.4, 0.5) is 4.79 Å². The third-order valence-electron chi connectivity index (χ3n) is 2.43. The molecule has 2 aliphatic heterocycles. The molecule has 0 aromatic rings. The molecular formula is C7H12N2O. The molecule has 2 heterocycles. The van der Waals surface area contributed by atoms with Crippen LogP contribution in [0.3, 0.4) is 0 Å². The van der Waals surface area contributed by atoms with Crippen molar-refractivity contribution in [2.24, 2.45) is 0 Å². The van der Waals surface area contributed by atoms with E-state index in [9.17, 15) is 4.79 Å². The van der Waals surface area contributed by atoms with Crippen molar-refractivity contribution in [3.05, 3.63) is 0 Å². The number of urea groups is 1. The van der Waals surface area contributed by atoms with Crippen LogP contribution >= 0.6 is 0 Å². The standard InChI is InChI=1S/C7H12N2O/c1-8-5-6-3-2-4-9(6)7(8)10/h6H,2-5H2,1H3. The van der Waals surface area contributed by atoms with E-state index in [1.165, 1.54) is 12.8 Å². The molecule has 0 aromatic heterocycles. The largest absolute Gasteiger partial charge is 0.326 e. The molecule has 0 radical (unpaired) electrons. The predicted molar refractivity (Wildman–Crippen MR) is 37.8 cm³/mol. The van der Waals surface area contributed by atoms with Gasteiger partial charge in [-0.2, -0.15) is 0 Å². The van der Waals surface area contributed by atoms with E-state index in [4.69, 9.17) is 0 Å². The Kier molecular flexibility index (Phi) is 1.13. The van der Waals surface area contributed by atoms with Crippen molar-refractivity contribution >= 4 is 6.03 Å². The zero-order chi connectivity index (χ0) is 7.14. The predicted octanol–water partition coefficient (Wildman–Crippen LogP) is 0.516. The average molecular weight is 140 g/mol. The van der Waals surface area contributed by atoms with Crippen LogP contribution in [0.1, 0.15) is 12.8 Å². The Hall–Kier alpha value is -0.730. The van der Waals surface area contributed by atoms with Crippen molar-refractivity contribution in [3.63, 3.8) is 0 Å². The van der Waals surface area contributed by atoms with Gasteiger partial charge in [0.15, 0.2) is 0 Å². The van der Waals surface area contributed by atoms with Crippen LogP contribution in [0.5, 0.6) is 0 Å². The van der Waals surface area contributed by atoms with Crippen molar-refractivity contribution in [3.8, 4) is 0 Å². The maximum Gasteiger partial charge on any atom is 0.320 e. The Morgan fingerprint density at radius 3 is 3.10 bits per heavy atom. The number of fused-ring (bicyclic) bond motifs is 1. The fraction of sp³-hybridized carbons (Fsp3) is 0.857. The lowest BCUT2D eigenvalue weighted by Gasteiger charge is -2.12. The number of nitrogens with zero attached hydrogens (tertiary/aromatic N) is 2. The van der Waals surface area contributed by atoms with E-state index in [1.54, 1.807) is 0 Å². The average Bonchev–Trinajstić information content (AvgIpc) is 2.41. The Bertz CT molecular complexity index is 169. The summed E-state index contributed by atoms with van der Waals surface area (Å²) in [6, 6.07) is 0.764. The first-order chi connectivity index (χ1) is 4.79. The molecule has 0 aliphatic carbocycles. The Morgan fingerprint density at radius 1 is 1.60 bits per heavy atom. The Labute approximate surface area is 60.6 Å². The minimum absolute atomic E-state index is 0.225. The maximum atomic E-state index is 11.2. The number of carbonyl (C=O) groups is 1. The molecule has 56 valence electrons. The first-order valence-corrected chi connectivity index (χ1v) is 3.81. The lowest BCUT2D eigenvalue weighted by atomic mass is 10.2. The van der Waals surface area contributed by atoms with Crippen LogP contribution in [-0.4, -0.2) is 42.0 Å². The summed E-state index contributed by atoms with van der Waals surface area (Å²) in [6.07, 6.45) is 2.40. The van der Waals surface area contributed by atoms with Gasteiger partial charge in [0, 0.05) is 20.1 Å². The van der Waals surface area contributed by atoms with E-state index in [1.807, 2.05) is 16.8 Å². The van der Waals surface area contributed by atoms with Gasteiger partial charge in [-0.3, -0.25) is 0 Å². The fourth-order valence-corrected chi connectivity index (χ4v) is 1.89. The monoisotopic (exact) mass is 140 g/mol. The van der Waals surface area contributed by atoms with Crippen LogP contribution in [0.15, 0.2) is 0 Å². The zero-order valence-corrected chi connectivity index (χ0v) is 6.21. The third kappa shape index (κ3) is 0.632. The molecule has 0 saturated carbocycles. The fourth-order valence-electron chi connectivity index (χ4n) is 1.89. The van der Waals surface area contributed by atoms with Crippen LogP contribution in [-0.2, 0) is 0 Å². The van der Waals surface area contributed by atoms with Gasteiger partial charge >= 0.3 is 6.03 Å². The lowest BCUT2D eigenvalue weighted by Crippen LogP contribution is -2.29. The summed E-state index contributed by atoms with van der Waals surface area (Å²) in [5.74, 6) is 0. The van der Waals surface area contributed by atoms with Gasteiger partial charge in [0.25, 0.3) is 0 Å². The molecule has 0 N–H and O–H groups in total. The highest BCUT2D eigenvalue weighted by atomic mass is 16.2. The van der Waals surface area contributed by atoms with E-state index in [2.05, 4.69) is 0 Å². The van der Waals surface area contributed by atoms with Crippen molar-refractivity contribution in [2.75, 3.05) is 20.1 Å². The van der Waals surface area contributed by atoms with Gasteiger partial charge in [0.05, 0.1) is 6.04 Å². The minimum atomic E-state index is 0.225. The second-order valence-electron chi connectivity index (χ2n) is 3.15. The molecule has 3 heteroatoms. The number of hydrogen-bond acceptors (Lipinski definition) is 1. The summed E-state index contributed by atoms with van der Waals surface area (Å²) < 4.78 is 0. The first kappa shape index (κ1) is 6.01. The quantitative estimate of drug-likeness (QED) is 0.481. The highest BCUT2D eigenvalue weighted by molar-refractivity contribution is 5.77. The van der Waals surface area contributed by atoms with Gasteiger partial charge in [-0.15, -0.1) is 0 Å². The molecule has 0 spiro atoms. The lowest BCUT2D eigenvalue weighted by molar-refractivity contribution is 0.199. The van der Waals surface area contributed by atoms with Crippen LogP contribution < -0.4 is 0 Å². The summed E-state index contributed by atoms with van der Waals surface area (Å²) in [4.78, 5) is 15.0. The summed E-state index contributed by atoms with van der Waals surface area (Å²) >= 11 is 0. The number of amides is 2. The molecule has 2 fully saturated rings. The van der Waals surface area contributed by atoms with Gasteiger partial charge in [-0.1, -0.05) is 0 Å². The molecule has 0 aromatic carbocycles. The van der Waals surface area contributed by atoms with E-state index in [0.717, 1.165) is 13.1 Å². The van der Waals surface area contributed by atoms with Crippen molar-refractivity contribution in [1.29, 1.82) is 0 Å². The Morgan fingerprint density at radius 2 is 2.40 bits per heavy atom. The molecule has 1 unspecified atom stereocenters. The maximum absolute atomic E-state index is 11.2. The highest BCUT2D eigenvalue weighted by Crippen LogP contribution is 2.24. The zero-order valence-electron chi connectivity index (χ0n) is 6.21. The van der Waals surface area contributed by atoms with E-state index < -0.39 is 0 Å². The van der Waals surface area contributed by atoms with Crippen molar-refractivity contribution in [1.82, 2.24) is 9.80 Å². The molecular weight excluding hydrogens is 128 g/mol. The molecule has 3 nitrogen and oxygen atoms in total. The van der Waals surface area contributed by atoms with Crippen LogP contribution in [0.2, 0.25) is 0 Å². The van der Waals surface area contributed by atoms with Crippen molar-refractivity contribution < 1.29 is 4.79 Å². The summed E-state index contributed by atoms with van der Waals surface area (Å²) in [5.41, 5.74) is 0. The molecule has 2 rings (SSSR count). The minimum Gasteiger partial charge on any atom is -0.326 e. The van der Waals surface area contributed by atoms with Crippen LogP contribution in [0, 0.1) is 0 Å². The first-order valence-electron chi connectivity index (χ1n) is 3.81. The van der Waals surface area contributed by atoms with Crippen LogP contribution in [0.25, 0.3) is 0 Å². The molecule has 2 amide bonds.